The number of aliphatic hydroxyl groups is 1. The van der Waals surface area contributed by atoms with Gasteiger partial charge in [0.1, 0.15) is 6.10 Å². The number of Topliss-reactive ketones (excluding diaryl/α,β-unsaturated/α-hetero) is 1. The second kappa shape index (κ2) is 5.64. The fraction of sp³-hybridized carbons (Fsp3) is 0.923. The molecule has 0 bridgehead atoms. The second-order valence-electron chi connectivity index (χ2n) is 5.15. The van der Waals surface area contributed by atoms with Crippen molar-refractivity contribution in [2.75, 3.05) is 0 Å². The molecule has 1 aliphatic rings. The topological polar surface area (TPSA) is 37.3 Å². The molecule has 2 heteroatoms. The highest BCUT2D eigenvalue weighted by Gasteiger charge is 2.33. The van der Waals surface area contributed by atoms with Gasteiger partial charge in [0, 0.05) is 5.92 Å². The number of rotatable bonds is 4. The third-order valence-corrected chi connectivity index (χ3v) is 3.72. The van der Waals surface area contributed by atoms with Crippen LogP contribution in [0.15, 0.2) is 0 Å². The summed E-state index contributed by atoms with van der Waals surface area (Å²) in [7, 11) is 0. The molecule has 1 fully saturated rings. The van der Waals surface area contributed by atoms with Gasteiger partial charge in [-0.3, -0.25) is 4.79 Å². The Hall–Kier alpha value is -0.370. The molecule has 3 unspecified atom stereocenters. The molecule has 1 aliphatic carbocycles. The first-order valence-corrected chi connectivity index (χ1v) is 6.29. The molecule has 0 spiro atoms. The zero-order chi connectivity index (χ0) is 11.4. The zero-order valence-corrected chi connectivity index (χ0v) is 10.2. The molecular formula is C13H24O2. The van der Waals surface area contributed by atoms with Crippen molar-refractivity contribution in [3.8, 4) is 0 Å². The molecule has 1 rings (SSSR count). The highest BCUT2D eigenvalue weighted by atomic mass is 16.3. The third-order valence-electron chi connectivity index (χ3n) is 3.72. The van der Waals surface area contributed by atoms with Crippen LogP contribution in [-0.4, -0.2) is 17.0 Å². The first-order valence-electron chi connectivity index (χ1n) is 6.29. The average Bonchev–Trinajstić information content (AvgIpc) is 2.26. The first kappa shape index (κ1) is 12.7. The van der Waals surface area contributed by atoms with E-state index in [0.717, 1.165) is 25.7 Å². The van der Waals surface area contributed by atoms with Gasteiger partial charge in [0.15, 0.2) is 5.78 Å². The number of aliphatic hydroxyl groups excluding tert-OH is 1. The summed E-state index contributed by atoms with van der Waals surface area (Å²) in [5.74, 6) is 0.786. The van der Waals surface area contributed by atoms with Crippen LogP contribution in [0.4, 0.5) is 0 Å². The maximum atomic E-state index is 12.1. The zero-order valence-electron chi connectivity index (χ0n) is 10.2. The van der Waals surface area contributed by atoms with Crippen LogP contribution >= 0.6 is 0 Å². The lowest BCUT2D eigenvalue weighted by atomic mass is 9.73. The van der Waals surface area contributed by atoms with Gasteiger partial charge in [-0.2, -0.15) is 0 Å². The van der Waals surface area contributed by atoms with Crippen LogP contribution in [0.2, 0.25) is 0 Å². The van der Waals surface area contributed by atoms with Crippen molar-refractivity contribution in [3.05, 3.63) is 0 Å². The van der Waals surface area contributed by atoms with E-state index < -0.39 is 6.10 Å². The van der Waals surface area contributed by atoms with Crippen LogP contribution in [0.1, 0.15) is 52.9 Å². The van der Waals surface area contributed by atoms with Gasteiger partial charge in [-0.15, -0.1) is 0 Å². The van der Waals surface area contributed by atoms with Crippen molar-refractivity contribution in [1.82, 2.24) is 0 Å². The van der Waals surface area contributed by atoms with E-state index in [2.05, 4.69) is 6.92 Å². The largest absolute Gasteiger partial charge is 0.385 e. The summed E-state index contributed by atoms with van der Waals surface area (Å²) in [5, 5.41) is 9.81. The van der Waals surface area contributed by atoms with E-state index in [1.807, 2.05) is 13.8 Å². The van der Waals surface area contributed by atoms with Gasteiger partial charge in [-0.05, 0) is 24.7 Å². The minimum absolute atomic E-state index is 0.0527. The van der Waals surface area contributed by atoms with Crippen LogP contribution in [0.3, 0.4) is 0 Å². The lowest BCUT2D eigenvalue weighted by Gasteiger charge is -2.31. The normalized spacial score (nSPS) is 29.1. The summed E-state index contributed by atoms with van der Waals surface area (Å²) < 4.78 is 0. The molecule has 15 heavy (non-hydrogen) atoms. The Kier molecular flexibility index (Phi) is 4.78. The van der Waals surface area contributed by atoms with Crippen LogP contribution in [0.5, 0.6) is 0 Å². The van der Waals surface area contributed by atoms with E-state index in [1.54, 1.807) is 0 Å². The molecule has 0 aromatic heterocycles. The van der Waals surface area contributed by atoms with E-state index >= 15 is 0 Å². The Labute approximate surface area is 93.1 Å². The van der Waals surface area contributed by atoms with Gasteiger partial charge in [0.25, 0.3) is 0 Å². The molecule has 88 valence electrons. The monoisotopic (exact) mass is 212 g/mol. The molecule has 0 heterocycles. The number of carbonyl (C=O) groups is 1. The Bertz CT molecular complexity index is 211. The number of hydrogen-bond acceptors (Lipinski definition) is 2. The highest BCUT2D eigenvalue weighted by Crippen LogP contribution is 2.34. The molecule has 0 aromatic carbocycles. The third kappa shape index (κ3) is 3.04. The van der Waals surface area contributed by atoms with Gasteiger partial charge in [0.05, 0.1) is 0 Å². The lowest BCUT2D eigenvalue weighted by molar-refractivity contribution is -0.136. The van der Waals surface area contributed by atoms with Gasteiger partial charge < -0.3 is 5.11 Å². The Balaban J connectivity index is 2.63. The standard InChI is InChI=1S/C13H24O2/c1-4-10-7-5-6-8-11(10)13(15)12(14)9(2)3/h9-12,14H,4-8H2,1-3H3. The summed E-state index contributed by atoms with van der Waals surface area (Å²) >= 11 is 0. The quantitative estimate of drug-likeness (QED) is 0.778. The number of hydrogen-bond donors (Lipinski definition) is 1. The molecular weight excluding hydrogens is 188 g/mol. The highest BCUT2D eigenvalue weighted by molar-refractivity contribution is 5.85. The van der Waals surface area contributed by atoms with E-state index in [9.17, 15) is 9.90 Å². The van der Waals surface area contributed by atoms with Crippen LogP contribution in [-0.2, 0) is 4.79 Å². The molecule has 3 atom stereocenters. The van der Waals surface area contributed by atoms with Gasteiger partial charge in [0.2, 0.25) is 0 Å². The summed E-state index contributed by atoms with van der Waals surface area (Å²) in [4.78, 5) is 12.1. The molecule has 0 aromatic rings. The predicted octanol–water partition coefficient (Wildman–Crippen LogP) is 2.79. The fourth-order valence-corrected chi connectivity index (χ4v) is 2.62. The first-order chi connectivity index (χ1) is 7.07. The number of carbonyl (C=O) groups excluding carboxylic acids is 1. The van der Waals surface area contributed by atoms with Crippen LogP contribution in [0.25, 0.3) is 0 Å². The lowest BCUT2D eigenvalue weighted by Crippen LogP contribution is -2.37. The van der Waals surface area contributed by atoms with Crippen molar-refractivity contribution >= 4 is 5.78 Å². The van der Waals surface area contributed by atoms with Gasteiger partial charge >= 0.3 is 0 Å². The summed E-state index contributed by atoms with van der Waals surface area (Å²) in [6, 6.07) is 0. The molecule has 2 nitrogen and oxygen atoms in total. The SMILES string of the molecule is CCC1CCCCC1C(=O)C(O)C(C)C. The van der Waals surface area contributed by atoms with Crippen molar-refractivity contribution < 1.29 is 9.90 Å². The number of ketones is 1. The molecule has 0 radical (unpaired) electrons. The van der Waals surface area contributed by atoms with Crippen LogP contribution < -0.4 is 0 Å². The van der Waals surface area contributed by atoms with E-state index in [0.29, 0.717) is 5.92 Å². The van der Waals surface area contributed by atoms with E-state index in [4.69, 9.17) is 0 Å². The molecule has 1 N–H and O–H groups in total. The summed E-state index contributed by atoms with van der Waals surface area (Å²) in [6.07, 6.45) is 4.87. The summed E-state index contributed by atoms with van der Waals surface area (Å²) in [5.41, 5.74) is 0. The molecule has 0 saturated heterocycles. The molecule has 0 aliphatic heterocycles. The fourth-order valence-electron chi connectivity index (χ4n) is 2.62. The molecule has 1 saturated carbocycles. The maximum Gasteiger partial charge on any atom is 0.164 e. The predicted molar refractivity (Wildman–Crippen MR) is 61.6 cm³/mol. The van der Waals surface area contributed by atoms with Crippen molar-refractivity contribution in [3.63, 3.8) is 0 Å². The Morgan fingerprint density at radius 2 is 1.93 bits per heavy atom. The summed E-state index contributed by atoms with van der Waals surface area (Å²) in [6.45, 7) is 5.97. The van der Waals surface area contributed by atoms with E-state index in [-0.39, 0.29) is 17.6 Å². The second-order valence-corrected chi connectivity index (χ2v) is 5.15. The minimum Gasteiger partial charge on any atom is -0.385 e. The van der Waals surface area contributed by atoms with E-state index in [1.165, 1.54) is 6.42 Å². The minimum atomic E-state index is -0.748. The van der Waals surface area contributed by atoms with Gasteiger partial charge in [-0.25, -0.2) is 0 Å². The maximum absolute atomic E-state index is 12.1. The Morgan fingerprint density at radius 1 is 1.33 bits per heavy atom. The van der Waals surface area contributed by atoms with Crippen molar-refractivity contribution in [2.45, 2.75) is 59.0 Å². The Morgan fingerprint density at radius 3 is 2.47 bits per heavy atom. The smallest absolute Gasteiger partial charge is 0.164 e. The molecule has 0 amide bonds. The van der Waals surface area contributed by atoms with Crippen LogP contribution in [0, 0.1) is 17.8 Å². The average molecular weight is 212 g/mol. The van der Waals surface area contributed by atoms with Gasteiger partial charge in [-0.1, -0.05) is 40.0 Å². The van der Waals surface area contributed by atoms with Crippen molar-refractivity contribution in [1.29, 1.82) is 0 Å². The van der Waals surface area contributed by atoms with Crippen molar-refractivity contribution in [2.24, 2.45) is 17.8 Å².